The number of halogens is 3. The van der Waals surface area contributed by atoms with E-state index in [1.54, 1.807) is 4.90 Å². The normalized spacial score (nSPS) is 18.6. The summed E-state index contributed by atoms with van der Waals surface area (Å²) in [5.41, 5.74) is 5.32. The van der Waals surface area contributed by atoms with Gasteiger partial charge < -0.3 is 10.5 Å². The highest BCUT2D eigenvalue weighted by molar-refractivity contribution is 4.78. The first-order valence-corrected chi connectivity index (χ1v) is 4.61. The van der Waals surface area contributed by atoms with Crippen molar-refractivity contribution >= 4 is 0 Å². The Balaban J connectivity index is 2.27. The Hall–Kier alpha value is -0.330. The van der Waals surface area contributed by atoms with Gasteiger partial charge in [0, 0.05) is 19.6 Å². The third kappa shape index (κ3) is 3.81. The summed E-state index contributed by atoms with van der Waals surface area (Å²) in [5.74, 6) is 0. The maximum atomic E-state index is 12.0. The third-order valence-corrected chi connectivity index (χ3v) is 2.24. The van der Waals surface area contributed by atoms with Gasteiger partial charge in [-0.2, -0.15) is 13.2 Å². The Morgan fingerprint density at radius 1 is 1.29 bits per heavy atom. The summed E-state index contributed by atoms with van der Waals surface area (Å²) in [4.78, 5) is 1.75. The van der Waals surface area contributed by atoms with Crippen LogP contribution >= 0.6 is 0 Å². The molecule has 0 aliphatic carbocycles. The molecule has 0 unspecified atom stereocenters. The van der Waals surface area contributed by atoms with Gasteiger partial charge in [0.15, 0.2) is 0 Å². The molecule has 0 aromatic heterocycles. The van der Waals surface area contributed by atoms with Crippen LogP contribution in [0.5, 0.6) is 0 Å². The predicted octanol–water partition coefficient (Wildman–Crippen LogP) is 0.598. The van der Waals surface area contributed by atoms with E-state index in [4.69, 9.17) is 10.5 Å². The zero-order valence-corrected chi connectivity index (χ0v) is 7.89. The Bertz CT molecular complexity index is 170. The second-order valence-electron chi connectivity index (χ2n) is 3.38. The van der Waals surface area contributed by atoms with Gasteiger partial charge in [-0.3, -0.25) is 4.90 Å². The van der Waals surface area contributed by atoms with Crippen LogP contribution in [0.25, 0.3) is 0 Å². The van der Waals surface area contributed by atoms with E-state index in [-0.39, 0.29) is 12.6 Å². The van der Waals surface area contributed by atoms with Crippen molar-refractivity contribution in [2.75, 3.05) is 32.8 Å². The van der Waals surface area contributed by atoms with Crippen LogP contribution in [-0.2, 0) is 4.74 Å². The van der Waals surface area contributed by atoms with Crippen LogP contribution in [-0.4, -0.2) is 50.0 Å². The summed E-state index contributed by atoms with van der Waals surface area (Å²) >= 11 is 0. The second kappa shape index (κ2) is 4.95. The molecule has 0 amide bonds. The lowest BCUT2D eigenvalue weighted by Crippen LogP contribution is -2.51. The van der Waals surface area contributed by atoms with E-state index in [2.05, 4.69) is 0 Å². The van der Waals surface area contributed by atoms with Gasteiger partial charge in [0.1, 0.15) is 0 Å². The summed E-state index contributed by atoms with van der Waals surface area (Å²) in [6, 6.07) is 0.126. The molecule has 1 aliphatic rings. The van der Waals surface area contributed by atoms with E-state index in [1.807, 2.05) is 0 Å². The number of nitrogens with zero attached hydrogens (tertiary/aromatic N) is 1. The molecule has 0 saturated carbocycles. The van der Waals surface area contributed by atoms with Crippen LogP contribution in [0.1, 0.15) is 6.42 Å². The lowest BCUT2D eigenvalue weighted by molar-refractivity contribution is -0.145. The Kier molecular flexibility index (Phi) is 4.15. The van der Waals surface area contributed by atoms with E-state index in [0.29, 0.717) is 26.3 Å². The number of nitrogens with two attached hydrogens (primary N) is 1. The van der Waals surface area contributed by atoms with Gasteiger partial charge in [-0.1, -0.05) is 0 Å². The van der Waals surface area contributed by atoms with Crippen molar-refractivity contribution in [2.24, 2.45) is 5.73 Å². The molecular weight excluding hydrogens is 197 g/mol. The summed E-state index contributed by atoms with van der Waals surface area (Å²) in [6.45, 7) is 1.96. The van der Waals surface area contributed by atoms with Gasteiger partial charge in [-0.05, 0) is 0 Å². The molecule has 0 aromatic rings. The first-order valence-electron chi connectivity index (χ1n) is 4.61. The van der Waals surface area contributed by atoms with Crippen molar-refractivity contribution in [1.29, 1.82) is 0 Å². The van der Waals surface area contributed by atoms with Crippen molar-refractivity contribution in [3.8, 4) is 0 Å². The summed E-state index contributed by atoms with van der Waals surface area (Å²) in [7, 11) is 0. The van der Waals surface area contributed by atoms with Crippen molar-refractivity contribution in [3.05, 3.63) is 0 Å². The molecule has 2 N–H and O–H groups in total. The van der Waals surface area contributed by atoms with Crippen LogP contribution in [0, 0.1) is 0 Å². The Morgan fingerprint density at radius 3 is 2.29 bits per heavy atom. The zero-order valence-electron chi connectivity index (χ0n) is 7.89. The molecule has 1 rings (SSSR count). The molecule has 1 heterocycles. The van der Waals surface area contributed by atoms with Crippen LogP contribution in [0.3, 0.4) is 0 Å². The van der Waals surface area contributed by atoms with Crippen LogP contribution in [0.2, 0.25) is 0 Å². The highest BCUT2D eigenvalue weighted by atomic mass is 19.4. The van der Waals surface area contributed by atoms with Crippen molar-refractivity contribution in [2.45, 2.75) is 18.6 Å². The van der Waals surface area contributed by atoms with Gasteiger partial charge in [-0.25, -0.2) is 0 Å². The predicted molar refractivity (Wildman–Crippen MR) is 45.9 cm³/mol. The molecule has 0 bridgehead atoms. The van der Waals surface area contributed by atoms with Gasteiger partial charge in [0.25, 0.3) is 0 Å². The molecule has 1 saturated heterocycles. The first kappa shape index (κ1) is 11.7. The third-order valence-electron chi connectivity index (χ3n) is 2.24. The van der Waals surface area contributed by atoms with E-state index >= 15 is 0 Å². The monoisotopic (exact) mass is 212 g/mol. The van der Waals surface area contributed by atoms with E-state index < -0.39 is 12.6 Å². The maximum absolute atomic E-state index is 12.0. The minimum atomic E-state index is -4.09. The standard InChI is InChI=1S/C8H15F3N2O/c9-8(10,11)1-3-13(4-2-12)7-5-14-6-7/h7H,1-6,12H2. The quantitative estimate of drug-likeness (QED) is 0.725. The average molecular weight is 212 g/mol. The fourth-order valence-corrected chi connectivity index (χ4v) is 1.35. The number of hydrogen-bond acceptors (Lipinski definition) is 3. The molecule has 1 aliphatic heterocycles. The Morgan fingerprint density at radius 2 is 1.93 bits per heavy atom. The van der Waals surface area contributed by atoms with Gasteiger partial charge >= 0.3 is 6.18 Å². The fraction of sp³-hybridized carbons (Fsp3) is 1.00. The van der Waals surface area contributed by atoms with Crippen LogP contribution in [0.4, 0.5) is 13.2 Å². The summed E-state index contributed by atoms with van der Waals surface area (Å²) in [6.07, 6.45) is -4.86. The molecule has 0 atom stereocenters. The molecule has 3 nitrogen and oxygen atoms in total. The molecule has 1 fully saturated rings. The van der Waals surface area contributed by atoms with Gasteiger partial charge in [-0.15, -0.1) is 0 Å². The van der Waals surface area contributed by atoms with Gasteiger partial charge in [0.05, 0.1) is 25.7 Å². The molecule has 14 heavy (non-hydrogen) atoms. The smallest absolute Gasteiger partial charge is 0.378 e. The Labute approximate surface area is 81.0 Å². The highest BCUT2D eigenvalue weighted by Gasteiger charge is 2.31. The van der Waals surface area contributed by atoms with Crippen LogP contribution < -0.4 is 5.73 Å². The number of rotatable bonds is 5. The average Bonchev–Trinajstić information content (AvgIpc) is 1.95. The maximum Gasteiger partial charge on any atom is 0.390 e. The van der Waals surface area contributed by atoms with Crippen molar-refractivity contribution in [1.82, 2.24) is 4.90 Å². The first-order chi connectivity index (χ1) is 6.53. The zero-order chi connectivity index (χ0) is 10.6. The molecule has 0 radical (unpaired) electrons. The minimum absolute atomic E-state index is 0.0225. The second-order valence-corrected chi connectivity index (χ2v) is 3.38. The molecule has 84 valence electrons. The lowest BCUT2D eigenvalue weighted by atomic mass is 10.2. The highest BCUT2D eigenvalue weighted by Crippen LogP contribution is 2.21. The number of ether oxygens (including phenoxy) is 1. The van der Waals surface area contributed by atoms with Gasteiger partial charge in [0.2, 0.25) is 0 Å². The van der Waals surface area contributed by atoms with E-state index in [1.165, 1.54) is 0 Å². The summed E-state index contributed by atoms with van der Waals surface area (Å²) < 4.78 is 40.8. The van der Waals surface area contributed by atoms with Crippen LogP contribution in [0.15, 0.2) is 0 Å². The van der Waals surface area contributed by atoms with E-state index in [0.717, 1.165) is 0 Å². The summed E-state index contributed by atoms with van der Waals surface area (Å²) in [5, 5.41) is 0. The van der Waals surface area contributed by atoms with Crippen molar-refractivity contribution in [3.63, 3.8) is 0 Å². The largest absolute Gasteiger partial charge is 0.390 e. The minimum Gasteiger partial charge on any atom is -0.378 e. The molecule has 0 spiro atoms. The topological polar surface area (TPSA) is 38.5 Å². The lowest BCUT2D eigenvalue weighted by Gasteiger charge is -2.37. The van der Waals surface area contributed by atoms with Crippen molar-refractivity contribution < 1.29 is 17.9 Å². The fourth-order valence-electron chi connectivity index (χ4n) is 1.35. The molecular formula is C8H15F3N2O. The number of hydrogen-bond donors (Lipinski definition) is 1. The van der Waals surface area contributed by atoms with E-state index in [9.17, 15) is 13.2 Å². The molecule has 6 heteroatoms. The SMILES string of the molecule is NCCN(CCC(F)(F)F)C1COC1. The molecule has 0 aromatic carbocycles. The number of alkyl halides is 3.